The second kappa shape index (κ2) is 6.42. The Hall–Kier alpha value is -3.26. The number of aromatic nitrogens is 5. The average Bonchev–Trinajstić information content (AvgIpc) is 3.18. The predicted molar refractivity (Wildman–Crippen MR) is 108 cm³/mol. The molecule has 0 spiro atoms. The van der Waals surface area contributed by atoms with Crippen LogP contribution >= 0.6 is 11.6 Å². The molecule has 0 radical (unpaired) electrons. The Balaban J connectivity index is 2.10. The van der Waals surface area contributed by atoms with Crippen LogP contribution < -0.4 is 16.0 Å². The molecule has 28 heavy (non-hydrogen) atoms. The minimum Gasteiger partial charge on any atom is -0.495 e. The van der Waals surface area contributed by atoms with Crippen LogP contribution in [-0.4, -0.2) is 30.2 Å². The second-order valence-corrected chi connectivity index (χ2v) is 6.83. The zero-order chi connectivity index (χ0) is 20.2. The van der Waals surface area contributed by atoms with Gasteiger partial charge in [-0.2, -0.15) is 4.98 Å². The minimum atomic E-state index is -0.436. The fourth-order valence-electron chi connectivity index (χ4n) is 3.41. The lowest BCUT2D eigenvalue weighted by Gasteiger charge is -2.09. The molecule has 0 saturated heterocycles. The molecule has 0 fully saturated rings. The Morgan fingerprint density at radius 2 is 2.07 bits per heavy atom. The van der Waals surface area contributed by atoms with Crippen molar-refractivity contribution in [1.82, 2.24) is 23.1 Å². The number of hydrogen-bond acceptors (Lipinski definition) is 4. The van der Waals surface area contributed by atoms with E-state index in [2.05, 4.69) is 11.6 Å². The van der Waals surface area contributed by atoms with E-state index in [0.717, 1.165) is 15.9 Å². The summed E-state index contributed by atoms with van der Waals surface area (Å²) in [5.74, 6) is 1.08. The molecular formula is C19H18ClN5O3. The number of aryl methyl sites for hydroxylation is 2. The monoisotopic (exact) mass is 399 g/mol. The summed E-state index contributed by atoms with van der Waals surface area (Å²) >= 11 is 6.28. The number of imidazole rings is 2. The van der Waals surface area contributed by atoms with Gasteiger partial charge in [0.2, 0.25) is 5.78 Å². The second-order valence-electron chi connectivity index (χ2n) is 6.42. The van der Waals surface area contributed by atoms with E-state index in [4.69, 9.17) is 16.3 Å². The third-order valence-corrected chi connectivity index (χ3v) is 5.03. The van der Waals surface area contributed by atoms with Crippen LogP contribution in [0.15, 0.2) is 46.6 Å². The summed E-state index contributed by atoms with van der Waals surface area (Å²) in [5, 5.41) is 0.461. The first-order valence-corrected chi connectivity index (χ1v) is 8.91. The molecule has 4 aromatic rings. The molecule has 3 heterocycles. The molecule has 8 nitrogen and oxygen atoms in total. The number of ether oxygens (including phenoxy) is 1. The van der Waals surface area contributed by atoms with Crippen molar-refractivity contribution in [2.24, 2.45) is 7.05 Å². The highest BCUT2D eigenvalue weighted by molar-refractivity contribution is 6.32. The Morgan fingerprint density at radius 1 is 1.32 bits per heavy atom. The van der Waals surface area contributed by atoms with E-state index in [9.17, 15) is 9.59 Å². The molecule has 0 atom stereocenters. The van der Waals surface area contributed by atoms with Crippen LogP contribution in [0.5, 0.6) is 5.75 Å². The highest BCUT2D eigenvalue weighted by Crippen LogP contribution is 2.29. The normalized spacial score (nSPS) is 11.4. The van der Waals surface area contributed by atoms with Gasteiger partial charge in [0, 0.05) is 25.5 Å². The van der Waals surface area contributed by atoms with Crippen molar-refractivity contribution in [3.05, 3.63) is 68.6 Å². The number of rotatable bonds is 4. The van der Waals surface area contributed by atoms with Gasteiger partial charge in [-0.25, -0.2) is 4.79 Å². The fourth-order valence-corrected chi connectivity index (χ4v) is 3.67. The molecule has 144 valence electrons. The molecule has 9 heteroatoms. The highest BCUT2D eigenvalue weighted by Gasteiger charge is 2.20. The first-order valence-electron chi connectivity index (χ1n) is 8.53. The van der Waals surface area contributed by atoms with Crippen LogP contribution in [0.25, 0.3) is 22.6 Å². The number of nitrogens with zero attached hydrogens (tertiary/aromatic N) is 5. The summed E-state index contributed by atoms with van der Waals surface area (Å²) in [6, 6.07) is 5.39. The van der Waals surface area contributed by atoms with Crippen molar-refractivity contribution in [1.29, 1.82) is 0 Å². The lowest BCUT2D eigenvalue weighted by Crippen LogP contribution is -2.39. The van der Waals surface area contributed by atoms with Gasteiger partial charge in [-0.3, -0.25) is 22.9 Å². The average molecular weight is 400 g/mol. The van der Waals surface area contributed by atoms with Crippen LogP contribution in [0, 0.1) is 6.92 Å². The van der Waals surface area contributed by atoms with Gasteiger partial charge in [-0.15, -0.1) is 6.58 Å². The van der Waals surface area contributed by atoms with E-state index in [0.29, 0.717) is 27.7 Å². The zero-order valence-electron chi connectivity index (χ0n) is 15.6. The van der Waals surface area contributed by atoms with E-state index >= 15 is 0 Å². The summed E-state index contributed by atoms with van der Waals surface area (Å²) in [4.78, 5) is 30.1. The number of benzene rings is 1. The van der Waals surface area contributed by atoms with Gasteiger partial charge >= 0.3 is 5.69 Å². The van der Waals surface area contributed by atoms with Gasteiger partial charge in [0.1, 0.15) is 5.75 Å². The van der Waals surface area contributed by atoms with Crippen molar-refractivity contribution < 1.29 is 4.74 Å². The molecule has 0 bridgehead atoms. The number of halogens is 1. The third-order valence-electron chi connectivity index (χ3n) is 4.73. The van der Waals surface area contributed by atoms with Crippen LogP contribution in [0.3, 0.4) is 0 Å². The molecule has 0 aliphatic heterocycles. The largest absolute Gasteiger partial charge is 0.495 e. The first-order chi connectivity index (χ1) is 13.4. The minimum absolute atomic E-state index is 0.127. The molecule has 0 N–H and O–H groups in total. The summed E-state index contributed by atoms with van der Waals surface area (Å²) in [7, 11) is 3.15. The van der Waals surface area contributed by atoms with E-state index in [1.165, 1.54) is 10.6 Å². The Labute approximate surface area is 164 Å². The molecular weight excluding hydrogens is 382 g/mol. The van der Waals surface area contributed by atoms with E-state index in [1.54, 1.807) is 30.7 Å². The van der Waals surface area contributed by atoms with Crippen molar-refractivity contribution in [2.45, 2.75) is 13.5 Å². The lowest BCUT2D eigenvalue weighted by atomic mass is 10.3. The Morgan fingerprint density at radius 3 is 2.71 bits per heavy atom. The van der Waals surface area contributed by atoms with Crippen molar-refractivity contribution in [3.63, 3.8) is 0 Å². The maximum atomic E-state index is 13.0. The van der Waals surface area contributed by atoms with Gasteiger partial charge in [0.15, 0.2) is 11.2 Å². The Bertz CT molecular complexity index is 1370. The third kappa shape index (κ3) is 2.41. The summed E-state index contributed by atoms with van der Waals surface area (Å²) in [6.45, 7) is 5.65. The van der Waals surface area contributed by atoms with Gasteiger partial charge in [-0.1, -0.05) is 17.7 Å². The molecule has 0 saturated carbocycles. The molecule has 4 rings (SSSR count). The standard InChI is InChI=1S/C19H18ClN5O3/c1-5-8-23-17(26)15-16(22(3)19(23)27)21-18-24(15)10-11(2)25(18)12-6-7-14(28-4)13(20)9-12/h5-7,9-10H,1,8H2,2-4H3. The SMILES string of the molecule is C=CCn1c(=O)c2c(nc3n(-c4ccc(OC)c(Cl)c4)c(C)cn23)n(C)c1=O. The summed E-state index contributed by atoms with van der Waals surface area (Å²) in [5.41, 5.74) is 1.43. The molecule has 1 aromatic carbocycles. The van der Waals surface area contributed by atoms with Gasteiger partial charge < -0.3 is 4.74 Å². The maximum Gasteiger partial charge on any atom is 0.332 e. The topological polar surface area (TPSA) is 75.5 Å². The maximum absolute atomic E-state index is 13.0. The smallest absolute Gasteiger partial charge is 0.332 e. The molecule has 0 aliphatic carbocycles. The number of fused-ring (bicyclic) bond motifs is 3. The number of methoxy groups -OCH3 is 1. The van der Waals surface area contributed by atoms with Crippen molar-refractivity contribution in [3.8, 4) is 11.4 Å². The van der Waals surface area contributed by atoms with E-state index < -0.39 is 11.2 Å². The van der Waals surface area contributed by atoms with Crippen LogP contribution in [-0.2, 0) is 13.6 Å². The molecule has 0 unspecified atom stereocenters. The molecule has 0 aliphatic rings. The first kappa shape index (κ1) is 18.1. The van der Waals surface area contributed by atoms with E-state index in [1.807, 2.05) is 23.8 Å². The summed E-state index contributed by atoms with van der Waals surface area (Å²) in [6.07, 6.45) is 3.33. The van der Waals surface area contributed by atoms with Gasteiger partial charge in [0.05, 0.1) is 17.8 Å². The van der Waals surface area contributed by atoms with Crippen molar-refractivity contribution in [2.75, 3.05) is 7.11 Å². The van der Waals surface area contributed by atoms with Crippen LogP contribution in [0.2, 0.25) is 5.02 Å². The summed E-state index contributed by atoms with van der Waals surface area (Å²) < 4.78 is 11.3. The van der Waals surface area contributed by atoms with Gasteiger partial charge in [-0.05, 0) is 25.1 Å². The fraction of sp³-hybridized carbons (Fsp3) is 0.211. The quantitative estimate of drug-likeness (QED) is 0.493. The number of allylic oxidation sites excluding steroid dienone is 1. The van der Waals surface area contributed by atoms with Crippen LogP contribution in [0.1, 0.15) is 5.69 Å². The number of hydrogen-bond donors (Lipinski definition) is 0. The predicted octanol–water partition coefficient (Wildman–Crippen LogP) is 2.30. The highest BCUT2D eigenvalue weighted by atomic mass is 35.5. The van der Waals surface area contributed by atoms with Gasteiger partial charge in [0.25, 0.3) is 5.56 Å². The van der Waals surface area contributed by atoms with Crippen LogP contribution in [0.4, 0.5) is 0 Å². The Kier molecular flexibility index (Phi) is 4.15. The zero-order valence-corrected chi connectivity index (χ0v) is 16.4. The molecule has 3 aromatic heterocycles. The van der Waals surface area contributed by atoms with E-state index in [-0.39, 0.29) is 6.54 Å². The lowest BCUT2D eigenvalue weighted by molar-refractivity contribution is 0.415. The molecule has 0 amide bonds. The van der Waals surface area contributed by atoms with Crippen molar-refractivity contribution >= 4 is 28.5 Å².